The largest absolute Gasteiger partial charge is 0.544 e. The fourth-order valence-corrected chi connectivity index (χ4v) is 15.3. The van der Waals surface area contributed by atoms with Gasteiger partial charge in [0, 0.05) is 20.1 Å². The lowest BCUT2D eigenvalue weighted by molar-refractivity contribution is -0.463. The van der Waals surface area contributed by atoms with Crippen LogP contribution in [0.2, 0.25) is 20.1 Å². The first-order valence-electron chi connectivity index (χ1n) is 31.0. The summed E-state index contributed by atoms with van der Waals surface area (Å²) in [5.41, 5.74) is 1.57. The maximum absolute atomic E-state index is 13.0. The summed E-state index contributed by atoms with van der Waals surface area (Å²) in [6.07, 6.45) is -14.9. The van der Waals surface area contributed by atoms with E-state index in [1.165, 1.54) is 49.6 Å². The Bertz CT molecular complexity index is 4370. The Kier molecular flexibility index (Phi) is 33.5. The number of carbonyl (C=O) groups is 3. The van der Waals surface area contributed by atoms with E-state index in [2.05, 4.69) is 214 Å². The third-order valence-corrected chi connectivity index (χ3v) is 22.5. The number of aliphatic carboxylic acids is 3. The molecule has 9 aromatic carbocycles. The van der Waals surface area contributed by atoms with E-state index in [4.69, 9.17) is 56.3 Å². The number of hydrogen-bond donors (Lipinski definition) is 0. The second kappa shape index (κ2) is 38.8. The maximum Gasteiger partial charge on any atom is 0.460 e. The lowest BCUT2D eigenvalue weighted by atomic mass is 9.87. The number of rotatable bonds is 20. The first-order chi connectivity index (χ1) is 52.9. The lowest BCUT2D eigenvalue weighted by Crippen LogP contribution is -2.75. The van der Waals surface area contributed by atoms with Gasteiger partial charge in [-0.25, -0.2) is 0 Å². The summed E-state index contributed by atoms with van der Waals surface area (Å²) in [7, 11) is -0.347. The number of carboxylic acids is 3. The van der Waals surface area contributed by atoms with Gasteiger partial charge in [0.15, 0.2) is 44.1 Å². The van der Waals surface area contributed by atoms with Crippen molar-refractivity contribution in [2.45, 2.75) is 147 Å². The molecule has 0 spiro atoms. The first kappa shape index (κ1) is 100. The molecule has 116 heavy (non-hydrogen) atoms. The fourth-order valence-electron chi connectivity index (χ4n) is 8.62. The smallest absolute Gasteiger partial charge is 0.460 e. The molecule has 0 aliphatic heterocycles. The zero-order valence-electron chi connectivity index (χ0n) is 57.7. The summed E-state index contributed by atoms with van der Waals surface area (Å²) in [5, 5.41) is 26.9. The molecule has 0 saturated heterocycles. The highest BCUT2D eigenvalue weighted by Crippen LogP contribution is 2.64. The van der Waals surface area contributed by atoms with Crippen molar-refractivity contribution in [1.82, 2.24) is 0 Å². The molecule has 0 unspecified atom stereocenters. The van der Waals surface area contributed by atoms with Crippen LogP contribution in [0.5, 0.6) is 0 Å². The van der Waals surface area contributed by atoms with Crippen LogP contribution in [0.15, 0.2) is 287 Å². The molecule has 0 aliphatic carbocycles. The highest BCUT2D eigenvalue weighted by Gasteiger charge is 2.95. The molecule has 0 bridgehead atoms. The molecule has 9 rings (SSSR count). The molecule has 0 aliphatic rings. The van der Waals surface area contributed by atoms with Gasteiger partial charge < -0.3 is 29.7 Å². The van der Waals surface area contributed by atoms with Gasteiger partial charge in [-0.1, -0.05) is 152 Å². The normalized spacial score (nSPS) is 12.9. The SMILES string of the molecule is CC(C)(C)c1ccc([S+](c2ccccc2)c2ccccc2)cc1.Clc1ccc([S+](c2ccccc2)c2ccc(Cl)cc2)cc1.Clc1ccc([S+](c2ccccc2)c2ccc(Cl)cc2)cc1.O=C([O-])C(F)(F)C(F)(F)C(F)(F)C(F)(F)C(F)(F)C(F)(F)C(F)(F)C(F)(F)F.O=C([O-])C(F)(F)C(F)(F)C(F)(F)C(F)(F)F.O=C([O-])C(F)(F)Cl. The lowest BCUT2D eigenvalue weighted by Gasteiger charge is -2.42. The van der Waals surface area contributed by atoms with Crippen molar-refractivity contribution in [3.8, 4) is 0 Å². The minimum absolute atomic E-state index is 0.0497. The highest BCUT2D eigenvalue weighted by atomic mass is 35.5. The van der Waals surface area contributed by atoms with E-state index in [0.29, 0.717) is 0 Å². The van der Waals surface area contributed by atoms with Crippen molar-refractivity contribution in [1.29, 1.82) is 0 Å². The highest BCUT2D eigenvalue weighted by molar-refractivity contribution is 7.97. The quantitative estimate of drug-likeness (QED) is 0.0426. The van der Waals surface area contributed by atoms with E-state index in [9.17, 15) is 143 Å². The topological polar surface area (TPSA) is 120 Å². The van der Waals surface area contributed by atoms with Crippen LogP contribution < -0.4 is 15.3 Å². The molecule has 0 saturated carbocycles. The molecule has 42 heteroatoms. The molecule has 0 radical (unpaired) electrons. The van der Waals surface area contributed by atoms with Gasteiger partial charge in [0.1, 0.15) is 17.9 Å². The molecule has 0 N–H and O–H groups in total. The molecule has 0 fully saturated rings. The Morgan fingerprint density at radius 2 is 0.397 bits per heavy atom. The van der Waals surface area contributed by atoms with Crippen molar-refractivity contribution < 1.29 is 153 Å². The van der Waals surface area contributed by atoms with Gasteiger partial charge in [0.05, 0.1) is 32.7 Å². The zero-order valence-corrected chi connectivity index (χ0v) is 64.0. The van der Waals surface area contributed by atoms with Crippen LogP contribution in [0.1, 0.15) is 26.3 Å². The summed E-state index contributed by atoms with van der Waals surface area (Å²) < 4.78 is 342. The van der Waals surface area contributed by atoms with E-state index in [1.807, 2.05) is 60.7 Å². The molecule has 6 nitrogen and oxygen atoms in total. The van der Waals surface area contributed by atoms with Gasteiger partial charge in [0.25, 0.3) is 0 Å². The van der Waals surface area contributed by atoms with Gasteiger partial charge in [-0.2, -0.15) is 123 Å². The van der Waals surface area contributed by atoms with Crippen molar-refractivity contribution in [3.63, 3.8) is 0 Å². The first-order valence-corrected chi connectivity index (χ1v) is 36.6. The molecule has 0 amide bonds. The third-order valence-electron chi connectivity index (χ3n) is 14.7. The maximum atomic E-state index is 13.0. The van der Waals surface area contributed by atoms with Gasteiger partial charge in [0.2, 0.25) is 0 Å². The number of benzene rings is 9. The monoisotopic (exact) mass is 1840 g/mol. The number of carbonyl (C=O) groups excluding carboxylic acids is 3. The van der Waals surface area contributed by atoms with Crippen LogP contribution in [0.4, 0.5) is 123 Å². The summed E-state index contributed by atoms with van der Waals surface area (Å²) in [6.45, 7) is 6.78. The molecule has 0 atom stereocenters. The van der Waals surface area contributed by atoms with Crippen LogP contribution in [0.3, 0.4) is 0 Å². The molecule has 9 aromatic rings. The molecule has 630 valence electrons. The van der Waals surface area contributed by atoms with Crippen LogP contribution in [-0.2, 0) is 52.5 Å². The summed E-state index contributed by atoms with van der Waals surface area (Å²) in [5.74, 6) is -91.1. The summed E-state index contributed by atoms with van der Waals surface area (Å²) in [6, 6.07) is 84.0. The van der Waals surface area contributed by atoms with E-state index >= 15 is 0 Å². The average Bonchev–Trinajstić information content (AvgIpc) is 0.690. The van der Waals surface area contributed by atoms with Crippen molar-refractivity contribution in [2.24, 2.45) is 0 Å². The minimum Gasteiger partial charge on any atom is -0.544 e. The molecule has 0 heterocycles. The van der Waals surface area contributed by atoms with E-state index in [1.54, 1.807) is 0 Å². The van der Waals surface area contributed by atoms with Crippen molar-refractivity contribution >= 4 is 109 Å². The van der Waals surface area contributed by atoms with Crippen LogP contribution in [0.25, 0.3) is 0 Å². The number of alkyl halides is 29. The Morgan fingerprint density at radius 1 is 0.241 bits per heavy atom. The van der Waals surface area contributed by atoms with Crippen molar-refractivity contribution in [3.05, 3.63) is 268 Å². The van der Waals surface area contributed by atoms with E-state index in [0.717, 1.165) is 20.1 Å². The van der Waals surface area contributed by atoms with Gasteiger partial charge in [-0.05, 0) is 180 Å². The number of carboxylic acid groups (broad SMARTS) is 3. The Labute approximate surface area is 673 Å². The number of halogens is 33. The Morgan fingerprint density at radius 3 is 0.569 bits per heavy atom. The van der Waals surface area contributed by atoms with Crippen LogP contribution in [-0.4, -0.2) is 94.9 Å². The fraction of sp³-hybridized carbons (Fsp3) is 0.230. The van der Waals surface area contributed by atoms with Gasteiger partial charge in [-0.15, -0.1) is 0 Å². The van der Waals surface area contributed by atoms with Crippen LogP contribution in [0, 0.1) is 0 Å². The summed E-state index contributed by atoms with van der Waals surface area (Å²) in [4.78, 5) is 39.7. The second-order valence-corrected chi connectivity index (χ2v) is 32.2. The second-order valence-electron chi connectivity index (χ2n) is 23.9. The van der Waals surface area contributed by atoms with Gasteiger partial charge in [-0.3, -0.25) is 0 Å². The van der Waals surface area contributed by atoms with E-state index in [-0.39, 0.29) is 38.1 Å². The number of hydrogen-bond acceptors (Lipinski definition) is 6. The predicted molar refractivity (Wildman–Crippen MR) is 371 cm³/mol. The Hall–Kier alpha value is -8.07. The molecular formula is C74H49Cl5F28O6S3. The van der Waals surface area contributed by atoms with Crippen LogP contribution >= 0.6 is 58.0 Å². The van der Waals surface area contributed by atoms with E-state index < -0.39 is 94.9 Å². The Balaban J connectivity index is 0.000000301. The summed E-state index contributed by atoms with van der Waals surface area (Å²) >= 11 is 27.9. The van der Waals surface area contributed by atoms with Gasteiger partial charge >= 0.3 is 77.0 Å². The zero-order chi connectivity index (χ0) is 88.8. The average molecular weight is 1840 g/mol. The standard InChI is InChI=1S/C22H23S.2C18H13Cl2S.C9HF17O2.C5HF9O2.C2HClF2O2/c1-22(2,3)18-14-16-21(17-15-18)23(19-10-6-4-7-11-19)20-12-8-5-9-13-20;2*19-14-6-10-17(11-7-14)21(16-4-2-1-3-5-16)18-12-8-15(20)9-13-18;10-2(11,1(27)28)3(12,13)4(14,15)5(16,17)6(18,19)7(20,21)8(22,23)9(24,25)26;6-2(7,1(15)16)3(8,9)4(10,11)5(12,13)14;3-2(4,5)1(6)7/h4-17H,1-3H3;2*1-13H;(H,27,28);(H,15,16);(H,6,7)/q3*+1;;;/p-3. The molecular weight excluding hydrogens is 1790 g/mol. The predicted octanol–water partition coefficient (Wildman–Crippen LogP) is 22.8. The van der Waals surface area contributed by atoms with Crippen molar-refractivity contribution in [2.75, 3.05) is 0 Å². The molecule has 0 aromatic heterocycles. The third kappa shape index (κ3) is 23.3. The minimum atomic E-state index is -8.79.